The first-order chi connectivity index (χ1) is 9.26. The summed E-state index contributed by atoms with van der Waals surface area (Å²) in [6.07, 6.45) is 2.09. The highest BCUT2D eigenvalue weighted by molar-refractivity contribution is 7.99. The van der Waals surface area contributed by atoms with Crippen molar-refractivity contribution in [2.45, 2.75) is 19.8 Å². The van der Waals surface area contributed by atoms with Crippen LogP contribution in [0.2, 0.25) is 0 Å². The zero-order valence-electron chi connectivity index (χ0n) is 11.4. The van der Waals surface area contributed by atoms with Gasteiger partial charge in [0, 0.05) is 5.69 Å². The van der Waals surface area contributed by atoms with Gasteiger partial charge in [-0.25, -0.2) is 0 Å². The van der Waals surface area contributed by atoms with Gasteiger partial charge in [0.2, 0.25) is 5.91 Å². The second kappa shape index (κ2) is 9.69. The lowest BCUT2D eigenvalue weighted by molar-refractivity contribution is -0.113. The molecule has 0 unspecified atom stereocenters. The molecule has 1 rings (SSSR count). The van der Waals surface area contributed by atoms with Crippen molar-refractivity contribution in [1.82, 2.24) is 0 Å². The van der Waals surface area contributed by atoms with Crippen molar-refractivity contribution in [3.8, 4) is 5.75 Å². The molecule has 1 aromatic carbocycles. The average molecular weight is 282 g/mol. The van der Waals surface area contributed by atoms with E-state index in [1.165, 1.54) is 0 Å². The van der Waals surface area contributed by atoms with Crippen LogP contribution in [0.1, 0.15) is 19.8 Å². The van der Waals surface area contributed by atoms with Gasteiger partial charge in [-0.1, -0.05) is 0 Å². The number of carbonyl (C=O) groups excluding carboxylic acids is 1. The normalized spacial score (nSPS) is 10.2. The van der Waals surface area contributed by atoms with E-state index in [0.717, 1.165) is 36.6 Å². The lowest BCUT2D eigenvalue weighted by Crippen LogP contribution is -2.14. The molecule has 0 saturated heterocycles. The van der Waals surface area contributed by atoms with Crippen LogP contribution in [0.4, 0.5) is 5.69 Å². The van der Waals surface area contributed by atoms with E-state index in [0.29, 0.717) is 12.4 Å². The van der Waals surface area contributed by atoms with Gasteiger partial charge < -0.3 is 15.8 Å². The zero-order valence-corrected chi connectivity index (χ0v) is 12.2. The largest absolute Gasteiger partial charge is 0.494 e. The molecule has 106 valence electrons. The fraction of sp³-hybridized carbons (Fsp3) is 0.500. The lowest BCUT2D eigenvalue weighted by atomic mass is 10.3. The van der Waals surface area contributed by atoms with Crippen LogP contribution in [0.15, 0.2) is 24.3 Å². The zero-order chi connectivity index (χ0) is 13.9. The monoisotopic (exact) mass is 282 g/mol. The van der Waals surface area contributed by atoms with E-state index in [-0.39, 0.29) is 5.91 Å². The molecule has 0 aliphatic heterocycles. The minimum atomic E-state index is 0.0295. The summed E-state index contributed by atoms with van der Waals surface area (Å²) in [4.78, 5) is 11.7. The van der Waals surface area contributed by atoms with Crippen LogP contribution >= 0.6 is 11.8 Å². The Kier molecular flexibility index (Phi) is 8.09. The van der Waals surface area contributed by atoms with Gasteiger partial charge in [-0.15, -0.1) is 0 Å². The number of nitrogens with one attached hydrogen (secondary N) is 1. The molecule has 0 aliphatic rings. The molecule has 0 aliphatic carbocycles. The molecule has 0 bridgehead atoms. The van der Waals surface area contributed by atoms with Crippen LogP contribution in [0.25, 0.3) is 0 Å². The van der Waals surface area contributed by atoms with Gasteiger partial charge >= 0.3 is 0 Å². The molecule has 0 atom stereocenters. The lowest BCUT2D eigenvalue weighted by Gasteiger charge is -2.07. The van der Waals surface area contributed by atoms with Gasteiger partial charge in [0.25, 0.3) is 0 Å². The van der Waals surface area contributed by atoms with E-state index >= 15 is 0 Å². The molecule has 1 amide bonds. The first-order valence-electron chi connectivity index (χ1n) is 6.56. The molecule has 4 nitrogen and oxygen atoms in total. The summed E-state index contributed by atoms with van der Waals surface area (Å²) < 4.78 is 5.34. The summed E-state index contributed by atoms with van der Waals surface area (Å²) in [6, 6.07) is 7.41. The fourth-order valence-electron chi connectivity index (χ4n) is 1.51. The Morgan fingerprint density at radius 3 is 2.68 bits per heavy atom. The highest BCUT2D eigenvalue weighted by Gasteiger charge is 2.02. The Morgan fingerprint density at radius 1 is 1.32 bits per heavy atom. The van der Waals surface area contributed by atoms with Crippen LogP contribution in [0.5, 0.6) is 5.75 Å². The number of anilines is 1. The molecule has 3 N–H and O–H groups in total. The van der Waals surface area contributed by atoms with Crippen LogP contribution in [0, 0.1) is 0 Å². The maximum Gasteiger partial charge on any atom is 0.234 e. The first kappa shape index (κ1) is 15.9. The van der Waals surface area contributed by atoms with Crippen molar-refractivity contribution in [3.63, 3.8) is 0 Å². The molecule has 0 fully saturated rings. The Bertz CT molecular complexity index is 368. The highest BCUT2D eigenvalue weighted by atomic mass is 32.2. The number of ether oxygens (including phenoxy) is 1. The van der Waals surface area contributed by atoms with E-state index in [1.54, 1.807) is 11.8 Å². The number of benzene rings is 1. The van der Waals surface area contributed by atoms with Gasteiger partial charge in [0.05, 0.1) is 12.4 Å². The summed E-state index contributed by atoms with van der Waals surface area (Å²) in [7, 11) is 0. The van der Waals surface area contributed by atoms with Crippen molar-refractivity contribution < 1.29 is 9.53 Å². The molecule has 0 heterocycles. The van der Waals surface area contributed by atoms with E-state index in [2.05, 4.69) is 5.32 Å². The third-order valence-corrected chi connectivity index (χ3v) is 3.47. The van der Waals surface area contributed by atoms with Crippen molar-refractivity contribution in [3.05, 3.63) is 24.3 Å². The number of thioether (sulfide) groups is 1. The molecule has 0 spiro atoms. The third-order valence-electron chi connectivity index (χ3n) is 2.43. The van der Waals surface area contributed by atoms with Crippen LogP contribution in [0.3, 0.4) is 0 Å². The minimum absolute atomic E-state index is 0.0295. The highest BCUT2D eigenvalue weighted by Crippen LogP contribution is 2.16. The third kappa shape index (κ3) is 7.08. The number of hydrogen-bond acceptors (Lipinski definition) is 4. The maximum absolute atomic E-state index is 11.7. The summed E-state index contributed by atoms with van der Waals surface area (Å²) >= 11 is 1.64. The average Bonchev–Trinajstić information content (AvgIpc) is 2.41. The molecular weight excluding hydrogens is 260 g/mol. The van der Waals surface area contributed by atoms with E-state index in [4.69, 9.17) is 10.5 Å². The van der Waals surface area contributed by atoms with Crippen molar-refractivity contribution in [1.29, 1.82) is 0 Å². The topological polar surface area (TPSA) is 64.3 Å². The first-order valence-corrected chi connectivity index (χ1v) is 7.72. The van der Waals surface area contributed by atoms with Gasteiger partial charge in [-0.2, -0.15) is 11.8 Å². The van der Waals surface area contributed by atoms with Gasteiger partial charge in [0.1, 0.15) is 5.75 Å². The Labute approximate surface area is 119 Å². The van der Waals surface area contributed by atoms with E-state index in [1.807, 2.05) is 31.2 Å². The van der Waals surface area contributed by atoms with Crippen molar-refractivity contribution >= 4 is 23.4 Å². The second-order valence-electron chi connectivity index (χ2n) is 4.05. The fourth-order valence-corrected chi connectivity index (χ4v) is 2.32. The second-order valence-corrected chi connectivity index (χ2v) is 5.16. The predicted octanol–water partition coefficient (Wildman–Crippen LogP) is 2.50. The number of carbonyl (C=O) groups is 1. The summed E-state index contributed by atoms with van der Waals surface area (Å²) in [5.41, 5.74) is 6.21. The van der Waals surface area contributed by atoms with Crippen LogP contribution < -0.4 is 15.8 Å². The molecule has 19 heavy (non-hydrogen) atoms. The molecule has 0 saturated carbocycles. The predicted molar refractivity (Wildman–Crippen MR) is 81.9 cm³/mol. The Morgan fingerprint density at radius 2 is 2.05 bits per heavy atom. The minimum Gasteiger partial charge on any atom is -0.494 e. The molecular formula is C14H22N2O2S. The van der Waals surface area contributed by atoms with E-state index in [9.17, 15) is 4.79 Å². The van der Waals surface area contributed by atoms with Crippen LogP contribution in [-0.2, 0) is 4.79 Å². The smallest absolute Gasteiger partial charge is 0.234 e. The standard InChI is InChI=1S/C14H22N2O2S/c1-2-18-13-7-5-12(6-8-13)16-14(17)11-19-10-4-3-9-15/h5-8H,2-4,9-11,15H2,1H3,(H,16,17). The van der Waals surface area contributed by atoms with Gasteiger partial charge in [0.15, 0.2) is 0 Å². The quantitative estimate of drug-likeness (QED) is 0.683. The number of hydrogen-bond donors (Lipinski definition) is 2. The van der Waals surface area contributed by atoms with Crippen LogP contribution in [-0.4, -0.2) is 30.6 Å². The summed E-state index contributed by atoms with van der Waals surface area (Å²) in [6.45, 7) is 3.31. The Hall–Kier alpha value is -1.20. The summed E-state index contributed by atoms with van der Waals surface area (Å²) in [5.74, 6) is 2.31. The van der Waals surface area contributed by atoms with Crippen molar-refractivity contribution in [2.75, 3.05) is 30.0 Å². The number of unbranched alkanes of at least 4 members (excludes halogenated alkanes) is 1. The molecule has 1 aromatic rings. The molecule has 0 radical (unpaired) electrons. The number of amides is 1. The van der Waals surface area contributed by atoms with Crippen molar-refractivity contribution in [2.24, 2.45) is 5.73 Å². The van der Waals surface area contributed by atoms with Gasteiger partial charge in [-0.05, 0) is 56.3 Å². The molecule has 0 aromatic heterocycles. The summed E-state index contributed by atoms with van der Waals surface area (Å²) in [5, 5.41) is 2.86. The number of rotatable bonds is 9. The Balaban J connectivity index is 2.24. The van der Waals surface area contributed by atoms with Gasteiger partial charge in [-0.3, -0.25) is 4.79 Å². The SMILES string of the molecule is CCOc1ccc(NC(=O)CSCCCCN)cc1. The number of nitrogens with two attached hydrogens (primary N) is 1. The van der Waals surface area contributed by atoms with E-state index < -0.39 is 0 Å². The maximum atomic E-state index is 11.7. The molecule has 5 heteroatoms.